The summed E-state index contributed by atoms with van der Waals surface area (Å²) in [6, 6.07) is 0. The molecule has 0 spiro atoms. The van der Waals surface area contributed by atoms with E-state index in [9.17, 15) is 0 Å². The van der Waals surface area contributed by atoms with Gasteiger partial charge >= 0.3 is 17.2 Å². The average Bonchev–Trinajstić information content (AvgIpc) is 3.38. The van der Waals surface area contributed by atoms with Crippen molar-refractivity contribution < 1.29 is 27.1 Å². The van der Waals surface area contributed by atoms with Crippen LogP contribution in [0, 0.1) is 116 Å². The van der Waals surface area contributed by atoms with E-state index in [1.165, 1.54) is 25.7 Å². The molecule has 0 radical (unpaired) electrons. The smallest absolute Gasteiger partial charge is 0.312 e. The Morgan fingerprint density at radius 2 is 0.576 bits per heavy atom. The molecular weight excluding hydrogens is 771 g/mol. The Bertz CT molecular complexity index is 1180. The zero-order valence-corrected chi connectivity index (χ0v) is 43.6. The summed E-state index contributed by atoms with van der Waals surface area (Å²) in [4.78, 5) is 0. The zero-order valence-electron chi connectivity index (χ0n) is 41.8. The van der Waals surface area contributed by atoms with E-state index in [4.69, 9.17) is 27.1 Å². The molecule has 22 atom stereocenters. The maximum atomic E-state index is 7.30. The summed E-state index contributed by atoms with van der Waals surface area (Å²) in [6.45, 7) is 50.3. The molecule has 6 aliphatic rings. The van der Waals surface area contributed by atoms with Crippen molar-refractivity contribution in [1.82, 2.24) is 0 Å². The normalized spacial score (nSPS) is 48.8. The van der Waals surface area contributed by atoms with Gasteiger partial charge in [0.15, 0.2) is 0 Å². The van der Waals surface area contributed by atoms with Crippen molar-refractivity contribution in [3.05, 3.63) is 0 Å². The molecule has 0 amide bonds. The van der Waals surface area contributed by atoms with Crippen LogP contribution in [0.4, 0.5) is 0 Å². The molecule has 0 aromatic heterocycles. The predicted octanol–water partition coefficient (Wildman–Crippen LogP) is 15.2. The van der Waals surface area contributed by atoms with E-state index in [0.29, 0.717) is 108 Å². The van der Waals surface area contributed by atoms with E-state index in [2.05, 4.69) is 138 Å². The van der Waals surface area contributed by atoms with Crippen LogP contribution in [0.5, 0.6) is 0 Å². The molecule has 2 heterocycles. The minimum absolute atomic E-state index is 0.136. The molecular formula is C51H94O6P2. The summed E-state index contributed by atoms with van der Waals surface area (Å²) in [5.41, 5.74) is 0.548. The van der Waals surface area contributed by atoms with Gasteiger partial charge in [-0.3, -0.25) is 0 Å². The molecule has 0 aromatic rings. The quantitative estimate of drug-likeness (QED) is 0.196. The van der Waals surface area contributed by atoms with Crippen molar-refractivity contribution in [3.8, 4) is 0 Å². The van der Waals surface area contributed by atoms with Gasteiger partial charge in [-0.05, 0) is 148 Å². The van der Waals surface area contributed by atoms with E-state index in [1.54, 1.807) is 0 Å². The van der Waals surface area contributed by atoms with Crippen LogP contribution in [0.25, 0.3) is 0 Å². The predicted molar refractivity (Wildman–Crippen MR) is 247 cm³/mol. The maximum Gasteiger partial charge on any atom is 0.333 e. The number of hydrogen-bond acceptors (Lipinski definition) is 6. The van der Waals surface area contributed by atoms with E-state index < -0.39 is 17.2 Å². The third-order valence-electron chi connectivity index (χ3n) is 18.5. The highest BCUT2D eigenvalue weighted by Gasteiger charge is 2.61. The third-order valence-corrected chi connectivity index (χ3v) is 20.9. The molecule has 4 saturated carbocycles. The van der Waals surface area contributed by atoms with Gasteiger partial charge in [-0.25, -0.2) is 0 Å². The van der Waals surface area contributed by atoms with Crippen LogP contribution < -0.4 is 0 Å². The molecule has 0 N–H and O–H groups in total. The van der Waals surface area contributed by atoms with Crippen molar-refractivity contribution >= 4 is 17.2 Å². The highest BCUT2D eigenvalue weighted by Crippen LogP contribution is 2.66. The molecule has 344 valence electrons. The molecule has 4 aliphatic carbocycles. The van der Waals surface area contributed by atoms with E-state index in [0.717, 1.165) is 6.42 Å². The molecule has 0 aromatic carbocycles. The number of rotatable bonds is 6. The second kappa shape index (κ2) is 18.1. The van der Waals surface area contributed by atoms with Crippen molar-refractivity contribution in [3.63, 3.8) is 0 Å². The summed E-state index contributed by atoms with van der Waals surface area (Å²) < 4.78 is 42.9. The van der Waals surface area contributed by atoms with Crippen molar-refractivity contribution in [2.75, 3.05) is 13.2 Å². The van der Waals surface area contributed by atoms with E-state index in [-0.39, 0.29) is 46.1 Å². The van der Waals surface area contributed by atoms with Gasteiger partial charge in [-0.1, -0.05) is 138 Å². The van der Waals surface area contributed by atoms with E-state index >= 15 is 0 Å². The minimum atomic E-state index is -1.53. The molecule has 2 aliphatic heterocycles. The van der Waals surface area contributed by atoms with Crippen molar-refractivity contribution in [2.24, 2.45) is 116 Å². The fraction of sp³-hybridized carbons (Fsp3) is 1.00. The maximum absolute atomic E-state index is 7.30. The van der Waals surface area contributed by atoms with Gasteiger partial charge in [-0.15, -0.1) is 0 Å². The van der Waals surface area contributed by atoms with Crippen LogP contribution in [-0.4, -0.2) is 37.6 Å². The summed E-state index contributed by atoms with van der Waals surface area (Å²) in [5, 5.41) is 0. The van der Waals surface area contributed by atoms with Crippen molar-refractivity contribution in [2.45, 2.75) is 195 Å². The lowest BCUT2D eigenvalue weighted by Crippen LogP contribution is -2.56. The van der Waals surface area contributed by atoms with Crippen LogP contribution in [0.1, 0.15) is 171 Å². The molecule has 16 unspecified atom stereocenters. The standard InChI is InChI=1S/C51H94O6P2/c1-28-24-36(48(9,10)11)44-40(32(28)5)41-33(6)29(2)25-37(49(12,13)14)45(41)55-58(54-44)52-22-21-23-53-59-56-46-38(50(15,16)17)26-30(3)34(7)42(46)43-35(8)31(4)27-39(47(43)57-59)51(18,19)20/h28-47H,21-27H2,1-20H3/t28-,29?,30-,31?,32-,33?,34-,35?,36?,37-,38?,39-,40?,41?,42?,43?,44?,45?,46?,47?,58?,59?/m1/s1. The Morgan fingerprint density at radius 1 is 0.373 bits per heavy atom. The van der Waals surface area contributed by atoms with Crippen LogP contribution in [-0.2, 0) is 27.1 Å². The van der Waals surface area contributed by atoms with Crippen LogP contribution in [0.3, 0.4) is 0 Å². The average molecular weight is 865 g/mol. The Kier molecular flexibility index (Phi) is 15.1. The first-order valence-corrected chi connectivity index (χ1v) is 26.8. The molecule has 8 heteroatoms. The summed E-state index contributed by atoms with van der Waals surface area (Å²) >= 11 is 0. The number of hydrogen-bond donors (Lipinski definition) is 0. The van der Waals surface area contributed by atoms with E-state index in [1.807, 2.05) is 0 Å². The molecule has 6 rings (SSSR count). The Balaban J connectivity index is 1.22. The minimum Gasteiger partial charge on any atom is -0.312 e. The molecule has 2 saturated heterocycles. The van der Waals surface area contributed by atoms with Gasteiger partial charge in [0.2, 0.25) is 0 Å². The zero-order chi connectivity index (χ0) is 43.9. The molecule has 6 fully saturated rings. The second-order valence-electron chi connectivity index (χ2n) is 26.2. The largest absolute Gasteiger partial charge is 0.333 e. The van der Waals surface area contributed by atoms with Gasteiger partial charge in [-0.2, -0.15) is 0 Å². The van der Waals surface area contributed by atoms with Gasteiger partial charge in [0.25, 0.3) is 0 Å². The second-order valence-corrected chi connectivity index (χ2v) is 28.5. The first kappa shape index (κ1) is 49.1. The molecule has 6 nitrogen and oxygen atoms in total. The Morgan fingerprint density at radius 3 is 0.763 bits per heavy atom. The van der Waals surface area contributed by atoms with Gasteiger partial charge in [0.1, 0.15) is 0 Å². The fourth-order valence-corrected chi connectivity index (χ4v) is 16.8. The van der Waals surface area contributed by atoms with Gasteiger partial charge < -0.3 is 27.1 Å². The van der Waals surface area contributed by atoms with Crippen LogP contribution >= 0.6 is 17.2 Å². The third kappa shape index (κ3) is 10.1. The SMILES string of the molecule is CC1C[C@@H](C(C)(C)C)C2OP(OCCCOP3OC4C(C5C(C)C(C)C[C@@H](C(C)(C)C)C5O3)[C@H](C)[C@H](C)CC4C(C)(C)C)OC3C(C2C1C)[C@H](C)[C@H](C)CC3C(C)(C)C. The summed E-state index contributed by atoms with van der Waals surface area (Å²) in [5.74, 6) is 8.60. The lowest BCUT2D eigenvalue weighted by Gasteiger charge is -2.56. The summed E-state index contributed by atoms with van der Waals surface area (Å²) in [7, 11) is -3.05. The van der Waals surface area contributed by atoms with Gasteiger partial charge in [0, 0.05) is 0 Å². The Labute approximate surface area is 367 Å². The fourth-order valence-electron chi connectivity index (χ4n) is 13.9. The van der Waals surface area contributed by atoms with Gasteiger partial charge in [0.05, 0.1) is 37.6 Å². The first-order chi connectivity index (χ1) is 27.1. The highest BCUT2D eigenvalue weighted by molar-refractivity contribution is 7.42. The monoisotopic (exact) mass is 865 g/mol. The molecule has 59 heavy (non-hydrogen) atoms. The Hall–Kier alpha value is 0.620. The highest BCUT2D eigenvalue weighted by atomic mass is 31.2. The lowest BCUT2D eigenvalue weighted by molar-refractivity contribution is -0.123. The van der Waals surface area contributed by atoms with Crippen LogP contribution in [0.15, 0.2) is 0 Å². The van der Waals surface area contributed by atoms with Crippen molar-refractivity contribution in [1.29, 1.82) is 0 Å². The molecule has 0 bridgehead atoms. The number of fused-ring (bicyclic) bond motifs is 6. The van der Waals surface area contributed by atoms with Crippen LogP contribution in [0.2, 0.25) is 0 Å². The lowest BCUT2D eigenvalue weighted by atomic mass is 9.51. The first-order valence-electron chi connectivity index (χ1n) is 24.7. The topological polar surface area (TPSA) is 55.4 Å². The summed E-state index contributed by atoms with van der Waals surface area (Å²) in [6.07, 6.45) is 6.08.